The molecule has 4 rings (SSSR count). The topological polar surface area (TPSA) is 86.1 Å². The number of para-hydroxylation sites is 1. The Balaban J connectivity index is 1.81. The van der Waals surface area contributed by atoms with Crippen LogP contribution in [0.2, 0.25) is 5.02 Å². The molecule has 0 aliphatic carbocycles. The average molecular weight is 443 g/mol. The minimum atomic E-state index is -4.00. The standard InChI is InChI=1S/C21H19ClN4O3S/c1-13-10-20(23-17-7-5-4-6-16(13)17)26-21(11-14(2)24-26)25-30(27,28)19-12-15(22)8-9-18(19)29-3/h4-12,25H,1-3H3. The van der Waals surface area contributed by atoms with Crippen LogP contribution in [0.1, 0.15) is 11.3 Å². The van der Waals surface area contributed by atoms with Crippen LogP contribution in [0.15, 0.2) is 59.5 Å². The van der Waals surface area contributed by atoms with Gasteiger partial charge in [0.15, 0.2) is 5.82 Å². The summed E-state index contributed by atoms with van der Waals surface area (Å²) in [7, 11) is -2.60. The zero-order chi connectivity index (χ0) is 21.5. The lowest BCUT2D eigenvalue weighted by atomic mass is 10.1. The summed E-state index contributed by atoms with van der Waals surface area (Å²) in [5, 5.41) is 5.75. The quantitative estimate of drug-likeness (QED) is 0.491. The number of ether oxygens (including phenoxy) is 1. The normalized spacial score (nSPS) is 11.6. The molecule has 0 spiro atoms. The highest BCUT2D eigenvalue weighted by molar-refractivity contribution is 7.92. The number of hydrogen-bond donors (Lipinski definition) is 1. The number of rotatable bonds is 5. The van der Waals surface area contributed by atoms with Crippen molar-refractivity contribution in [3.63, 3.8) is 0 Å². The Bertz CT molecular complexity index is 1370. The van der Waals surface area contributed by atoms with Crippen molar-refractivity contribution in [1.82, 2.24) is 14.8 Å². The Morgan fingerprint density at radius 1 is 1.07 bits per heavy atom. The largest absolute Gasteiger partial charge is 0.495 e. The van der Waals surface area contributed by atoms with Crippen molar-refractivity contribution in [1.29, 1.82) is 0 Å². The number of anilines is 1. The van der Waals surface area contributed by atoms with Crippen LogP contribution >= 0.6 is 11.6 Å². The molecule has 1 N–H and O–H groups in total. The zero-order valence-electron chi connectivity index (χ0n) is 16.5. The number of benzene rings is 2. The van der Waals surface area contributed by atoms with Crippen LogP contribution < -0.4 is 9.46 Å². The van der Waals surface area contributed by atoms with E-state index in [-0.39, 0.29) is 21.5 Å². The molecular formula is C21H19ClN4O3S. The van der Waals surface area contributed by atoms with Gasteiger partial charge in [0.05, 0.1) is 18.3 Å². The van der Waals surface area contributed by atoms with Crippen LogP contribution in [0.3, 0.4) is 0 Å². The Morgan fingerprint density at radius 3 is 2.60 bits per heavy atom. The summed E-state index contributed by atoms with van der Waals surface area (Å²) in [5.74, 6) is 0.959. The van der Waals surface area contributed by atoms with Gasteiger partial charge in [-0.25, -0.2) is 13.4 Å². The zero-order valence-corrected chi connectivity index (χ0v) is 18.1. The van der Waals surface area contributed by atoms with Crippen molar-refractivity contribution in [3.05, 3.63) is 70.9 Å². The first-order valence-corrected chi connectivity index (χ1v) is 10.9. The van der Waals surface area contributed by atoms with Gasteiger partial charge in [-0.2, -0.15) is 9.78 Å². The Hall–Kier alpha value is -3.10. The van der Waals surface area contributed by atoms with Gasteiger partial charge >= 0.3 is 0 Å². The third kappa shape index (κ3) is 3.71. The molecule has 0 bridgehead atoms. The molecule has 0 unspecified atom stereocenters. The summed E-state index contributed by atoms with van der Waals surface area (Å²) in [6, 6.07) is 15.7. The molecule has 7 nitrogen and oxygen atoms in total. The number of sulfonamides is 1. The first-order valence-electron chi connectivity index (χ1n) is 9.08. The Kier molecular flexibility index (Phi) is 5.13. The first-order chi connectivity index (χ1) is 14.3. The van der Waals surface area contributed by atoms with E-state index in [1.165, 1.54) is 23.9 Å². The average Bonchev–Trinajstić information content (AvgIpc) is 3.07. The van der Waals surface area contributed by atoms with Gasteiger partial charge in [0.25, 0.3) is 10.0 Å². The summed E-state index contributed by atoms with van der Waals surface area (Å²) in [6.45, 7) is 3.76. The molecule has 0 atom stereocenters. The molecule has 0 radical (unpaired) electrons. The van der Waals surface area contributed by atoms with E-state index in [2.05, 4.69) is 14.8 Å². The number of aryl methyl sites for hydroxylation is 2. The van der Waals surface area contributed by atoms with Crippen molar-refractivity contribution >= 4 is 38.3 Å². The van der Waals surface area contributed by atoms with E-state index in [9.17, 15) is 8.42 Å². The lowest BCUT2D eigenvalue weighted by molar-refractivity contribution is 0.403. The van der Waals surface area contributed by atoms with Crippen molar-refractivity contribution in [2.45, 2.75) is 18.7 Å². The van der Waals surface area contributed by atoms with Crippen molar-refractivity contribution in [2.75, 3.05) is 11.8 Å². The van der Waals surface area contributed by atoms with Gasteiger partial charge in [-0.15, -0.1) is 0 Å². The minimum absolute atomic E-state index is 0.0643. The molecule has 0 aliphatic heterocycles. The molecule has 9 heteroatoms. The number of halogens is 1. The highest BCUT2D eigenvalue weighted by atomic mass is 35.5. The molecular weight excluding hydrogens is 424 g/mol. The van der Waals surface area contributed by atoms with Crippen molar-refractivity contribution in [3.8, 4) is 11.6 Å². The van der Waals surface area contributed by atoms with E-state index in [1.807, 2.05) is 37.3 Å². The number of methoxy groups -OCH3 is 1. The summed E-state index contributed by atoms with van der Waals surface area (Å²) in [6.07, 6.45) is 0. The molecule has 0 saturated carbocycles. The Morgan fingerprint density at radius 2 is 1.83 bits per heavy atom. The van der Waals surface area contributed by atoms with E-state index < -0.39 is 10.0 Å². The molecule has 30 heavy (non-hydrogen) atoms. The number of nitrogens with zero attached hydrogens (tertiary/aromatic N) is 3. The van der Waals surface area contributed by atoms with E-state index in [4.69, 9.17) is 16.3 Å². The van der Waals surface area contributed by atoms with Crippen LogP contribution in [0.25, 0.3) is 16.7 Å². The third-order valence-corrected chi connectivity index (χ3v) is 6.22. The molecule has 2 aromatic carbocycles. The van der Waals surface area contributed by atoms with E-state index in [0.717, 1.165) is 16.5 Å². The molecule has 2 heterocycles. The number of pyridine rings is 1. The summed E-state index contributed by atoms with van der Waals surface area (Å²) >= 11 is 6.01. The summed E-state index contributed by atoms with van der Waals surface area (Å²) < 4.78 is 35.4. The van der Waals surface area contributed by atoms with Crippen molar-refractivity contribution < 1.29 is 13.2 Å². The van der Waals surface area contributed by atoms with Gasteiger partial charge < -0.3 is 4.74 Å². The first kappa shape index (κ1) is 20.2. The van der Waals surface area contributed by atoms with Gasteiger partial charge in [-0.1, -0.05) is 29.8 Å². The molecule has 0 aliphatic rings. The van der Waals surface area contributed by atoms with Crippen LogP contribution in [-0.4, -0.2) is 30.3 Å². The molecule has 0 amide bonds. The van der Waals surface area contributed by atoms with Crippen molar-refractivity contribution in [2.24, 2.45) is 0 Å². The molecule has 0 fully saturated rings. The van der Waals surface area contributed by atoms with Gasteiger partial charge in [-0.3, -0.25) is 4.72 Å². The summed E-state index contributed by atoms with van der Waals surface area (Å²) in [4.78, 5) is 4.59. The monoisotopic (exact) mass is 442 g/mol. The minimum Gasteiger partial charge on any atom is -0.495 e. The predicted molar refractivity (Wildman–Crippen MR) is 117 cm³/mol. The van der Waals surface area contributed by atoms with Gasteiger partial charge in [-0.05, 0) is 49.7 Å². The lowest BCUT2D eigenvalue weighted by Crippen LogP contribution is -2.17. The van der Waals surface area contributed by atoms with Gasteiger partial charge in [0.1, 0.15) is 16.5 Å². The van der Waals surface area contributed by atoms with Crippen LogP contribution in [0.5, 0.6) is 5.75 Å². The number of aromatic nitrogens is 3. The maximum atomic E-state index is 13.1. The fraction of sp³-hybridized carbons (Fsp3) is 0.143. The van der Waals surface area contributed by atoms with Gasteiger partial charge in [0.2, 0.25) is 0 Å². The maximum absolute atomic E-state index is 13.1. The van der Waals surface area contributed by atoms with E-state index >= 15 is 0 Å². The van der Waals surface area contributed by atoms with Crippen LogP contribution in [-0.2, 0) is 10.0 Å². The fourth-order valence-electron chi connectivity index (χ4n) is 3.24. The third-order valence-electron chi connectivity index (χ3n) is 4.61. The summed E-state index contributed by atoms with van der Waals surface area (Å²) in [5.41, 5.74) is 2.44. The number of nitrogens with one attached hydrogen (secondary N) is 1. The fourth-order valence-corrected chi connectivity index (χ4v) is 4.71. The second-order valence-electron chi connectivity index (χ2n) is 6.80. The maximum Gasteiger partial charge on any atom is 0.266 e. The molecule has 2 aromatic heterocycles. The highest BCUT2D eigenvalue weighted by Gasteiger charge is 2.23. The number of fused-ring (bicyclic) bond motifs is 1. The van der Waals surface area contributed by atoms with Crippen LogP contribution in [0, 0.1) is 13.8 Å². The predicted octanol–water partition coefficient (Wildman–Crippen LogP) is 4.50. The molecule has 154 valence electrons. The Labute approximate surface area is 179 Å². The lowest BCUT2D eigenvalue weighted by Gasteiger charge is -2.13. The van der Waals surface area contributed by atoms with Gasteiger partial charge in [0, 0.05) is 16.5 Å². The van der Waals surface area contributed by atoms with E-state index in [0.29, 0.717) is 11.5 Å². The SMILES string of the molecule is COc1ccc(Cl)cc1S(=O)(=O)Nc1cc(C)nn1-c1cc(C)c2ccccc2n1. The van der Waals surface area contributed by atoms with E-state index in [1.54, 1.807) is 19.1 Å². The molecule has 0 saturated heterocycles. The second kappa shape index (κ2) is 7.62. The molecule has 4 aromatic rings. The van der Waals surface area contributed by atoms with Crippen LogP contribution in [0.4, 0.5) is 5.82 Å². The second-order valence-corrected chi connectivity index (χ2v) is 8.89. The smallest absolute Gasteiger partial charge is 0.266 e. The highest BCUT2D eigenvalue weighted by Crippen LogP contribution is 2.30. The number of hydrogen-bond acceptors (Lipinski definition) is 5.